The summed E-state index contributed by atoms with van der Waals surface area (Å²) in [7, 11) is 0. The highest BCUT2D eigenvalue weighted by Gasteiger charge is 2.25. The van der Waals surface area contributed by atoms with Crippen LogP contribution in [0.1, 0.15) is 59.4 Å². The summed E-state index contributed by atoms with van der Waals surface area (Å²) in [6.45, 7) is 1.81. The minimum Gasteiger partial charge on any atom is -0.332 e. The summed E-state index contributed by atoms with van der Waals surface area (Å²) in [4.78, 5) is 12.5. The lowest BCUT2D eigenvalue weighted by Gasteiger charge is -2.14. The second-order valence-electron chi connectivity index (χ2n) is 6.23. The molecule has 1 atom stereocenters. The van der Waals surface area contributed by atoms with Crippen LogP contribution >= 0.6 is 0 Å². The Balaban J connectivity index is 1.80. The van der Waals surface area contributed by atoms with Crippen LogP contribution in [0.3, 0.4) is 0 Å². The number of carbonyl (C=O) groups is 1. The fraction of sp³-hybridized carbons (Fsp3) is 0.389. The summed E-state index contributed by atoms with van der Waals surface area (Å²) >= 11 is 0. The zero-order chi connectivity index (χ0) is 18.0. The minimum absolute atomic E-state index is 0.0712. The summed E-state index contributed by atoms with van der Waals surface area (Å²) in [6.07, 6.45) is 5.83. The molecule has 1 aliphatic rings. The molecule has 7 heteroatoms. The van der Waals surface area contributed by atoms with Crippen LogP contribution in [0.2, 0.25) is 0 Å². The van der Waals surface area contributed by atoms with E-state index in [9.17, 15) is 18.8 Å². The van der Waals surface area contributed by atoms with Gasteiger partial charge in [0.05, 0.1) is 23.9 Å². The van der Waals surface area contributed by atoms with E-state index in [0.29, 0.717) is 17.7 Å². The predicted octanol–water partition coefficient (Wildman–Crippen LogP) is 3.58. The van der Waals surface area contributed by atoms with Gasteiger partial charge < -0.3 is 5.32 Å². The molecule has 0 spiro atoms. The number of carbonyl (C=O) groups excluding carboxylic acids is 1. The second kappa shape index (κ2) is 7.01. The van der Waals surface area contributed by atoms with Gasteiger partial charge in [-0.3, -0.25) is 9.48 Å². The fourth-order valence-corrected chi connectivity index (χ4v) is 3.29. The van der Waals surface area contributed by atoms with E-state index in [-0.39, 0.29) is 5.56 Å². The highest BCUT2D eigenvalue weighted by atomic mass is 19.1. The predicted molar refractivity (Wildman–Crippen MR) is 86.6 cm³/mol. The van der Waals surface area contributed by atoms with E-state index >= 15 is 0 Å². The number of halogens is 2. The summed E-state index contributed by atoms with van der Waals surface area (Å²) in [5, 5.41) is 16.1. The van der Waals surface area contributed by atoms with Crippen molar-refractivity contribution in [2.45, 2.75) is 44.7 Å². The molecule has 130 valence electrons. The van der Waals surface area contributed by atoms with Crippen LogP contribution in [0.15, 0.2) is 24.4 Å². The van der Waals surface area contributed by atoms with Gasteiger partial charge in [-0.2, -0.15) is 10.4 Å². The maximum absolute atomic E-state index is 13.9. The Hall–Kier alpha value is -2.75. The molecular weight excluding hydrogens is 326 g/mol. The molecule has 1 aromatic heterocycles. The van der Waals surface area contributed by atoms with Crippen molar-refractivity contribution in [2.24, 2.45) is 0 Å². The highest BCUT2D eigenvalue weighted by molar-refractivity contribution is 5.95. The Morgan fingerprint density at radius 1 is 1.40 bits per heavy atom. The SMILES string of the molecule is Cc1c(C(=O)N[C@@H](C#N)c2ccc(F)cc2F)cnn1C1CCCC1. The van der Waals surface area contributed by atoms with E-state index in [0.717, 1.165) is 43.5 Å². The van der Waals surface area contributed by atoms with Crippen LogP contribution in [0.4, 0.5) is 8.78 Å². The van der Waals surface area contributed by atoms with Gasteiger partial charge in [-0.05, 0) is 25.8 Å². The molecule has 5 nitrogen and oxygen atoms in total. The smallest absolute Gasteiger partial charge is 0.256 e. The van der Waals surface area contributed by atoms with Crippen LogP contribution in [0.5, 0.6) is 0 Å². The molecule has 0 unspecified atom stereocenters. The monoisotopic (exact) mass is 344 g/mol. The standard InChI is InChI=1S/C18H18F2N4O/c1-11-15(10-22-24(11)13-4-2-3-5-13)18(25)23-17(9-21)14-7-6-12(19)8-16(14)20/h6-8,10,13,17H,2-5H2,1H3,(H,23,25)/t17-/m0/s1. The number of nitriles is 1. The summed E-state index contributed by atoms with van der Waals surface area (Å²) in [6, 6.07) is 3.83. The molecule has 1 saturated carbocycles. The average molecular weight is 344 g/mol. The lowest BCUT2D eigenvalue weighted by molar-refractivity contribution is 0.0944. The molecule has 0 aliphatic heterocycles. The number of rotatable bonds is 4. The van der Waals surface area contributed by atoms with Crippen LogP contribution in [0, 0.1) is 29.9 Å². The topological polar surface area (TPSA) is 70.7 Å². The fourth-order valence-electron chi connectivity index (χ4n) is 3.29. The van der Waals surface area contributed by atoms with Gasteiger partial charge >= 0.3 is 0 Å². The largest absolute Gasteiger partial charge is 0.332 e. The van der Waals surface area contributed by atoms with Gasteiger partial charge in [-0.25, -0.2) is 8.78 Å². The third-order valence-electron chi connectivity index (χ3n) is 4.64. The second-order valence-corrected chi connectivity index (χ2v) is 6.23. The van der Waals surface area contributed by atoms with E-state index in [1.54, 1.807) is 6.92 Å². The maximum atomic E-state index is 13.9. The average Bonchev–Trinajstić information content (AvgIpc) is 3.22. The number of hydrogen-bond acceptors (Lipinski definition) is 3. The van der Waals surface area contributed by atoms with Crippen molar-refractivity contribution in [3.63, 3.8) is 0 Å². The van der Waals surface area contributed by atoms with Crippen molar-refractivity contribution in [1.82, 2.24) is 15.1 Å². The molecule has 1 aliphatic carbocycles. The molecule has 1 aromatic carbocycles. The lowest BCUT2D eigenvalue weighted by atomic mass is 10.1. The van der Waals surface area contributed by atoms with E-state index < -0.39 is 23.6 Å². The van der Waals surface area contributed by atoms with Crippen LogP contribution in [-0.2, 0) is 0 Å². The quantitative estimate of drug-likeness (QED) is 0.921. The number of nitrogens with one attached hydrogen (secondary N) is 1. The Morgan fingerprint density at radius 3 is 2.76 bits per heavy atom. The molecule has 25 heavy (non-hydrogen) atoms. The van der Waals surface area contributed by atoms with Crippen LogP contribution in [-0.4, -0.2) is 15.7 Å². The molecule has 3 rings (SSSR count). The van der Waals surface area contributed by atoms with Gasteiger partial charge in [0.2, 0.25) is 0 Å². The van der Waals surface area contributed by atoms with Crippen molar-refractivity contribution in [3.05, 3.63) is 52.9 Å². The van der Waals surface area contributed by atoms with Gasteiger partial charge in [0.25, 0.3) is 5.91 Å². The van der Waals surface area contributed by atoms with E-state index in [1.807, 2.05) is 10.8 Å². The van der Waals surface area contributed by atoms with Crippen molar-refractivity contribution in [3.8, 4) is 6.07 Å². The van der Waals surface area contributed by atoms with E-state index in [4.69, 9.17) is 0 Å². The zero-order valence-corrected chi connectivity index (χ0v) is 13.8. The number of amides is 1. The molecule has 0 saturated heterocycles. The molecule has 1 fully saturated rings. The molecule has 1 amide bonds. The summed E-state index contributed by atoms with van der Waals surface area (Å²) in [5.41, 5.74) is 1.01. The number of benzene rings is 1. The molecular formula is C18H18F2N4O. The third-order valence-corrected chi connectivity index (χ3v) is 4.64. The van der Waals surface area contributed by atoms with Crippen LogP contribution < -0.4 is 5.32 Å². The first-order valence-corrected chi connectivity index (χ1v) is 8.20. The van der Waals surface area contributed by atoms with Crippen molar-refractivity contribution >= 4 is 5.91 Å². The van der Waals surface area contributed by atoms with Gasteiger partial charge in [-0.15, -0.1) is 0 Å². The van der Waals surface area contributed by atoms with Crippen molar-refractivity contribution in [2.75, 3.05) is 0 Å². The third kappa shape index (κ3) is 3.38. The molecule has 0 radical (unpaired) electrons. The first kappa shape index (κ1) is 17.1. The zero-order valence-electron chi connectivity index (χ0n) is 13.8. The number of nitrogens with zero attached hydrogens (tertiary/aromatic N) is 3. The Labute approximate surface area is 144 Å². The number of aromatic nitrogens is 2. The normalized spacial score (nSPS) is 15.8. The van der Waals surface area contributed by atoms with Gasteiger partial charge in [0.1, 0.15) is 17.7 Å². The Kier molecular flexibility index (Phi) is 4.79. The van der Waals surface area contributed by atoms with Crippen molar-refractivity contribution < 1.29 is 13.6 Å². The van der Waals surface area contributed by atoms with E-state index in [2.05, 4.69) is 10.4 Å². The maximum Gasteiger partial charge on any atom is 0.256 e. The van der Waals surface area contributed by atoms with Gasteiger partial charge in [0, 0.05) is 17.3 Å². The lowest BCUT2D eigenvalue weighted by Crippen LogP contribution is -2.28. The van der Waals surface area contributed by atoms with Gasteiger partial charge in [0.15, 0.2) is 0 Å². The van der Waals surface area contributed by atoms with E-state index in [1.165, 1.54) is 6.20 Å². The van der Waals surface area contributed by atoms with Gasteiger partial charge in [-0.1, -0.05) is 18.9 Å². The first-order valence-electron chi connectivity index (χ1n) is 8.20. The van der Waals surface area contributed by atoms with Crippen LogP contribution in [0.25, 0.3) is 0 Å². The molecule has 2 aromatic rings. The summed E-state index contributed by atoms with van der Waals surface area (Å²) in [5.74, 6) is -2.11. The Morgan fingerprint density at radius 2 is 2.12 bits per heavy atom. The Bertz CT molecular complexity index is 834. The summed E-state index contributed by atoms with van der Waals surface area (Å²) < 4.78 is 28.7. The van der Waals surface area contributed by atoms with Crippen molar-refractivity contribution in [1.29, 1.82) is 5.26 Å². The molecule has 0 bridgehead atoms. The molecule has 1 heterocycles. The number of hydrogen-bond donors (Lipinski definition) is 1. The first-order chi connectivity index (χ1) is 12.0. The molecule has 1 N–H and O–H groups in total. The highest BCUT2D eigenvalue weighted by Crippen LogP contribution is 2.30. The minimum atomic E-state index is -1.21.